The lowest BCUT2D eigenvalue weighted by atomic mass is 10.1. The van der Waals surface area contributed by atoms with E-state index in [0.717, 1.165) is 31.6 Å². The molecule has 0 aliphatic carbocycles. The second kappa shape index (κ2) is 10.1. The highest BCUT2D eigenvalue weighted by Crippen LogP contribution is 2.35. The fourth-order valence-electron chi connectivity index (χ4n) is 3.75. The largest absolute Gasteiger partial charge is 0.385 e. The number of hydrogen-bond donors (Lipinski definition) is 0. The van der Waals surface area contributed by atoms with Gasteiger partial charge >= 0.3 is 0 Å². The van der Waals surface area contributed by atoms with Gasteiger partial charge in [0.1, 0.15) is 5.82 Å². The van der Waals surface area contributed by atoms with E-state index in [4.69, 9.17) is 4.74 Å². The quantitative estimate of drug-likeness (QED) is 0.447. The molecule has 2 heterocycles. The number of carbonyl (C=O) groups is 1. The van der Waals surface area contributed by atoms with E-state index in [0.29, 0.717) is 40.9 Å². The molecule has 2 aliphatic heterocycles. The molecule has 0 aromatic heterocycles. The number of methoxy groups -OCH3 is 1. The molecule has 2 saturated heterocycles. The van der Waals surface area contributed by atoms with Gasteiger partial charge in [-0.15, -0.1) is 0 Å². The van der Waals surface area contributed by atoms with Crippen molar-refractivity contribution >= 4 is 40.3 Å². The van der Waals surface area contributed by atoms with E-state index in [1.54, 1.807) is 18.1 Å². The van der Waals surface area contributed by atoms with Crippen LogP contribution in [0.15, 0.2) is 58.4 Å². The van der Waals surface area contributed by atoms with Crippen LogP contribution in [0, 0.1) is 5.82 Å². The van der Waals surface area contributed by atoms with Crippen molar-refractivity contribution in [2.75, 3.05) is 38.3 Å². The van der Waals surface area contributed by atoms with Crippen LogP contribution in [-0.2, 0) is 9.53 Å². The fraction of sp³-hybridized carbons (Fsp3) is 0.333. The van der Waals surface area contributed by atoms with E-state index in [1.807, 2.05) is 42.5 Å². The summed E-state index contributed by atoms with van der Waals surface area (Å²) in [4.78, 5) is 22.0. The highest BCUT2D eigenvalue weighted by molar-refractivity contribution is 8.18. The summed E-state index contributed by atoms with van der Waals surface area (Å²) < 4.78 is 19.8. The van der Waals surface area contributed by atoms with Gasteiger partial charge < -0.3 is 9.64 Å². The second-order valence-electron chi connectivity index (χ2n) is 7.55. The molecule has 162 valence electrons. The standard InChI is InChI=1S/C24H26FN3O2S/c1-30-15-7-14-28-23(29)22(31-24(28)26-19-8-3-2-4-9-19)17-18-10-11-21(20(25)16-18)27-12-5-6-13-27/h2-4,8-11,16-17H,5-7,12-15H2,1H3/b22-17-,26-24?. The van der Waals surface area contributed by atoms with E-state index >= 15 is 0 Å². The number of amides is 1. The summed E-state index contributed by atoms with van der Waals surface area (Å²) in [5.41, 5.74) is 2.10. The van der Waals surface area contributed by atoms with Crippen LogP contribution in [0.25, 0.3) is 6.08 Å². The molecule has 0 radical (unpaired) electrons. The summed E-state index contributed by atoms with van der Waals surface area (Å²) in [6, 6.07) is 14.8. The molecule has 5 nitrogen and oxygen atoms in total. The fourth-order valence-corrected chi connectivity index (χ4v) is 4.77. The van der Waals surface area contributed by atoms with Gasteiger partial charge in [0.05, 0.1) is 16.3 Å². The van der Waals surface area contributed by atoms with Gasteiger partial charge in [-0.2, -0.15) is 0 Å². The average Bonchev–Trinajstić information content (AvgIpc) is 3.39. The van der Waals surface area contributed by atoms with E-state index < -0.39 is 0 Å². The van der Waals surface area contributed by atoms with Crippen molar-refractivity contribution in [2.45, 2.75) is 19.3 Å². The second-order valence-corrected chi connectivity index (χ2v) is 8.56. The summed E-state index contributed by atoms with van der Waals surface area (Å²) in [5, 5.41) is 0.632. The van der Waals surface area contributed by atoms with Gasteiger partial charge in [-0.05, 0) is 66.9 Å². The number of thioether (sulfide) groups is 1. The number of benzene rings is 2. The first kappa shape index (κ1) is 21.6. The summed E-state index contributed by atoms with van der Waals surface area (Å²) in [7, 11) is 1.64. The van der Waals surface area contributed by atoms with Crippen LogP contribution in [-0.4, -0.2) is 49.3 Å². The van der Waals surface area contributed by atoms with Gasteiger partial charge in [0.15, 0.2) is 5.17 Å². The van der Waals surface area contributed by atoms with Crippen LogP contribution >= 0.6 is 11.8 Å². The maximum Gasteiger partial charge on any atom is 0.266 e. The lowest BCUT2D eigenvalue weighted by Gasteiger charge is -2.18. The molecule has 0 bridgehead atoms. The highest BCUT2D eigenvalue weighted by atomic mass is 32.2. The van der Waals surface area contributed by atoms with Gasteiger partial charge in [-0.25, -0.2) is 9.38 Å². The topological polar surface area (TPSA) is 45.1 Å². The Balaban J connectivity index is 1.58. The molecule has 0 spiro atoms. The number of anilines is 1. The zero-order chi connectivity index (χ0) is 21.6. The van der Waals surface area contributed by atoms with Crippen LogP contribution in [0.2, 0.25) is 0 Å². The minimum Gasteiger partial charge on any atom is -0.385 e. The number of amidine groups is 1. The third-order valence-electron chi connectivity index (χ3n) is 5.32. The molecule has 2 aromatic carbocycles. The Morgan fingerprint density at radius 2 is 1.94 bits per heavy atom. The van der Waals surface area contributed by atoms with Crippen LogP contribution in [0.3, 0.4) is 0 Å². The summed E-state index contributed by atoms with van der Waals surface area (Å²) in [5.74, 6) is -0.360. The molecule has 7 heteroatoms. The highest BCUT2D eigenvalue weighted by Gasteiger charge is 2.33. The van der Waals surface area contributed by atoms with Gasteiger partial charge in [0, 0.05) is 33.4 Å². The number of hydrogen-bond acceptors (Lipinski definition) is 5. The monoisotopic (exact) mass is 439 g/mol. The third kappa shape index (κ3) is 5.17. The van der Waals surface area contributed by atoms with Gasteiger partial charge in [0.2, 0.25) is 0 Å². The van der Waals surface area contributed by atoms with Gasteiger partial charge in [-0.3, -0.25) is 9.69 Å². The Morgan fingerprint density at radius 1 is 1.16 bits per heavy atom. The number of nitrogens with zero attached hydrogens (tertiary/aromatic N) is 3. The van der Waals surface area contributed by atoms with Crippen molar-refractivity contribution in [1.29, 1.82) is 0 Å². The number of aliphatic imine (C=N–C) groups is 1. The van der Waals surface area contributed by atoms with Crippen LogP contribution in [0.1, 0.15) is 24.8 Å². The van der Waals surface area contributed by atoms with Crippen LogP contribution in [0.5, 0.6) is 0 Å². The van der Waals surface area contributed by atoms with E-state index in [-0.39, 0.29) is 11.7 Å². The maximum atomic E-state index is 14.7. The molecule has 0 N–H and O–H groups in total. The van der Waals surface area contributed by atoms with Crippen LogP contribution < -0.4 is 4.90 Å². The zero-order valence-electron chi connectivity index (χ0n) is 17.6. The normalized spacial score (nSPS) is 19.2. The predicted molar refractivity (Wildman–Crippen MR) is 125 cm³/mol. The lowest BCUT2D eigenvalue weighted by molar-refractivity contribution is -0.122. The van der Waals surface area contributed by atoms with E-state index in [9.17, 15) is 9.18 Å². The molecule has 2 aromatic rings. The summed E-state index contributed by atoms with van der Waals surface area (Å²) in [6.45, 7) is 2.86. The molecular formula is C24H26FN3O2S. The Hall–Kier alpha value is -2.64. The van der Waals surface area contributed by atoms with Crippen molar-refractivity contribution in [2.24, 2.45) is 4.99 Å². The molecule has 2 fully saturated rings. The molecule has 0 unspecified atom stereocenters. The van der Waals surface area contributed by atoms with Gasteiger partial charge in [0.25, 0.3) is 5.91 Å². The first-order valence-corrected chi connectivity index (χ1v) is 11.4. The zero-order valence-corrected chi connectivity index (χ0v) is 18.4. The molecule has 0 atom stereocenters. The molecule has 31 heavy (non-hydrogen) atoms. The summed E-state index contributed by atoms with van der Waals surface area (Å²) in [6.07, 6.45) is 4.65. The minimum atomic E-state index is -0.248. The predicted octanol–water partition coefficient (Wildman–Crippen LogP) is 5.07. The Labute approximate surface area is 186 Å². The van der Waals surface area contributed by atoms with Crippen molar-refractivity contribution in [3.63, 3.8) is 0 Å². The first-order chi connectivity index (χ1) is 15.2. The van der Waals surface area contributed by atoms with E-state index in [2.05, 4.69) is 9.89 Å². The number of para-hydroxylation sites is 1. The van der Waals surface area contributed by atoms with Crippen molar-refractivity contribution in [3.8, 4) is 0 Å². The molecule has 1 amide bonds. The van der Waals surface area contributed by atoms with Crippen LogP contribution in [0.4, 0.5) is 15.8 Å². The average molecular weight is 440 g/mol. The molecular weight excluding hydrogens is 413 g/mol. The third-order valence-corrected chi connectivity index (χ3v) is 6.32. The Bertz CT molecular complexity index is 988. The minimum absolute atomic E-state index is 0.111. The molecule has 4 rings (SSSR count). The number of halogens is 1. The SMILES string of the molecule is COCCCN1C(=O)/C(=C/c2ccc(N3CCCC3)c(F)c2)SC1=Nc1ccccc1. The number of rotatable bonds is 7. The van der Waals surface area contributed by atoms with Crippen molar-refractivity contribution < 1.29 is 13.9 Å². The number of ether oxygens (including phenoxy) is 1. The van der Waals surface area contributed by atoms with Crippen molar-refractivity contribution in [3.05, 3.63) is 64.8 Å². The molecule has 2 aliphatic rings. The smallest absolute Gasteiger partial charge is 0.266 e. The molecule has 0 saturated carbocycles. The maximum absolute atomic E-state index is 14.7. The summed E-state index contributed by atoms with van der Waals surface area (Å²) >= 11 is 1.32. The van der Waals surface area contributed by atoms with E-state index in [1.165, 1.54) is 17.8 Å². The Kier molecular flexibility index (Phi) is 7.04. The lowest BCUT2D eigenvalue weighted by Crippen LogP contribution is -2.30. The van der Waals surface area contributed by atoms with Gasteiger partial charge in [-0.1, -0.05) is 24.3 Å². The number of carbonyl (C=O) groups excluding carboxylic acids is 1. The van der Waals surface area contributed by atoms with Crippen molar-refractivity contribution in [1.82, 2.24) is 4.90 Å². The Morgan fingerprint density at radius 3 is 2.65 bits per heavy atom. The first-order valence-electron chi connectivity index (χ1n) is 10.5.